The van der Waals surface area contributed by atoms with E-state index in [2.05, 4.69) is 67.4 Å². The molecule has 2 aromatic rings. The van der Waals surface area contributed by atoms with Gasteiger partial charge in [-0.15, -0.1) is 0 Å². The van der Waals surface area contributed by atoms with Crippen molar-refractivity contribution < 1.29 is 0 Å². The monoisotopic (exact) mass is 223 g/mol. The highest BCUT2D eigenvalue weighted by Gasteiger charge is 2.22. The van der Waals surface area contributed by atoms with E-state index in [1.807, 2.05) is 0 Å². The van der Waals surface area contributed by atoms with Crippen molar-refractivity contribution in [3.63, 3.8) is 0 Å². The summed E-state index contributed by atoms with van der Waals surface area (Å²) in [4.78, 5) is 2.37. The van der Waals surface area contributed by atoms with Crippen LogP contribution in [0.15, 0.2) is 48.5 Å². The van der Waals surface area contributed by atoms with Crippen molar-refractivity contribution >= 4 is 5.69 Å². The minimum atomic E-state index is 0.621. The highest BCUT2D eigenvalue weighted by atomic mass is 15.1. The lowest BCUT2D eigenvalue weighted by molar-refractivity contribution is 0.732. The molecule has 0 aliphatic carbocycles. The van der Waals surface area contributed by atoms with Crippen molar-refractivity contribution in [2.45, 2.75) is 19.4 Å². The fourth-order valence-corrected chi connectivity index (χ4v) is 2.60. The molecule has 0 radical (unpaired) electrons. The van der Waals surface area contributed by atoms with E-state index in [-0.39, 0.29) is 0 Å². The van der Waals surface area contributed by atoms with Gasteiger partial charge >= 0.3 is 0 Å². The third-order valence-corrected chi connectivity index (χ3v) is 3.74. The summed E-state index contributed by atoms with van der Waals surface area (Å²) in [6.45, 7) is 2.28. The molecule has 0 aromatic heterocycles. The second-order valence-corrected chi connectivity index (χ2v) is 4.87. The molecule has 1 nitrogen and oxygen atoms in total. The van der Waals surface area contributed by atoms with Crippen LogP contribution in [-0.4, -0.2) is 13.1 Å². The minimum Gasteiger partial charge on any atom is -0.371 e. The van der Waals surface area contributed by atoms with Crippen LogP contribution in [0.3, 0.4) is 0 Å². The Morgan fingerprint density at radius 1 is 1.00 bits per heavy atom. The second kappa shape index (κ2) is 3.92. The third-order valence-electron chi connectivity index (χ3n) is 3.74. The molecule has 0 saturated carbocycles. The van der Waals surface area contributed by atoms with Gasteiger partial charge in [-0.25, -0.2) is 0 Å². The molecule has 0 bridgehead atoms. The van der Waals surface area contributed by atoms with Crippen LogP contribution < -0.4 is 4.90 Å². The molecule has 17 heavy (non-hydrogen) atoms. The Labute approximate surface area is 103 Å². The van der Waals surface area contributed by atoms with E-state index >= 15 is 0 Å². The third kappa shape index (κ3) is 1.72. The zero-order chi connectivity index (χ0) is 11.8. The summed E-state index contributed by atoms with van der Waals surface area (Å²) in [5.41, 5.74) is 5.49. The molecular weight excluding hydrogens is 206 g/mol. The Morgan fingerprint density at radius 3 is 2.53 bits per heavy atom. The molecule has 1 aliphatic rings. The highest BCUT2D eigenvalue weighted by molar-refractivity contribution is 5.70. The molecule has 0 saturated heterocycles. The maximum absolute atomic E-state index is 2.37. The number of likely N-dealkylation sites (N-methyl/N-ethyl adjacent to an activating group) is 1. The number of nitrogens with zero attached hydrogens (tertiary/aromatic N) is 1. The second-order valence-electron chi connectivity index (χ2n) is 4.87. The number of anilines is 1. The van der Waals surface area contributed by atoms with Gasteiger partial charge < -0.3 is 4.90 Å². The molecule has 0 amide bonds. The Balaban J connectivity index is 2.04. The van der Waals surface area contributed by atoms with Crippen molar-refractivity contribution in [1.82, 2.24) is 0 Å². The first-order valence-electron chi connectivity index (χ1n) is 6.17. The number of rotatable bonds is 1. The van der Waals surface area contributed by atoms with Gasteiger partial charge in [0, 0.05) is 18.8 Å². The summed E-state index contributed by atoms with van der Waals surface area (Å²) < 4.78 is 0. The molecule has 1 atom stereocenters. The lowest BCUT2D eigenvalue weighted by atomic mass is 10.0. The van der Waals surface area contributed by atoms with Crippen LogP contribution in [0.2, 0.25) is 0 Å². The number of benzene rings is 2. The summed E-state index contributed by atoms with van der Waals surface area (Å²) in [6.07, 6.45) is 1.16. The molecule has 1 unspecified atom stereocenters. The standard InChI is InChI=1S/C16H17N/c1-12-10-15-11-14(8-9-16(15)17(12)2)13-6-4-3-5-7-13/h3-9,11-12H,10H2,1-2H3. The zero-order valence-corrected chi connectivity index (χ0v) is 10.4. The Morgan fingerprint density at radius 2 is 1.76 bits per heavy atom. The van der Waals surface area contributed by atoms with Gasteiger partial charge in [0.2, 0.25) is 0 Å². The van der Waals surface area contributed by atoms with Gasteiger partial charge in [0.15, 0.2) is 0 Å². The van der Waals surface area contributed by atoms with Crippen molar-refractivity contribution in [2.24, 2.45) is 0 Å². The summed E-state index contributed by atoms with van der Waals surface area (Å²) in [6, 6.07) is 18.0. The average molecular weight is 223 g/mol. The van der Waals surface area contributed by atoms with Gasteiger partial charge in [-0.3, -0.25) is 0 Å². The van der Waals surface area contributed by atoms with E-state index in [0.717, 1.165) is 6.42 Å². The molecule has 1 aliphatic heterocycles. The first-order chi connectivity index (χ1) is 8.25. The Bertz CT molecular complexity index is 530. The van der Waals surface area contributed by atoms with Crippen molar-refractivity contribution in [2.75, 3.05) is 11.9 Å². The van der Waals surface area contributed by atoms with E-state index in [1.54, 1.807) is 0 Å². The topological polar surface area (TPSA) is 3.24 Å². The van der Waals surface area contributed by atoms with Crippen molar-refractivity contribution in [3.05, 3.63) is 54.1 Å². The van der Waals surface area contributed by atoms with Gasteiger partial charge in [0.25, 0.3) is 0 Å². The van der Waals surface area contributed by atoms with Gasteiger partial charge in [-0.2, -0.15) is 0 Å². The number of fused-ring (bicyclic) bond motifs is 1. The molecule has 2 aromatic carbocycles. The molecule has 1 heterocycles. The quantitative estimate of drug-likeness (QED) is 0.712. The first-order valence-corrected chi connectivity index (χ1v) is 6.17. The number of hydrogen-bond acceptors (Lipinski definition) is 1. The minimum absolute atomic E-state index is 0.621. The average Bonchev–Trinajstić information content (AvgIpc) is 2.66. The summed E-state index contributed by atoms with van der Waals surface area (Å²) in [7, 11) is 2.18. The van der Waals surface area contributed by atoms with Crippen LogP contribution in [0.25, 0.3) is 11.1 Å². The summed E-state index contributed by atoms with van der Waals surface area (Å²) >= 11 is 0. The van der Waals surface area contributed by atoms with Crippen LogP contribution in [0, 0.1) is 0 Å². The molecule has 86 valence electrons. The van der Waals surface area contributed by atoms with Gasteiger partial charge in [-0.05, 0) is 42.2 Å². The van der Waals surface area contributed by atoms with Gasteiger partial charge in [0.1, 0.15) is 0 Å². The van der Waals surface area contributed by atoms with Crippen molar-refractivity contribution in [1.29, 1.82) is 0 Å². The van der Waals surface area contributed by atoms with E-state index < -0.39 is 0 Å². The van der Waals surface area contributed by atoms with E-state index in [1.165, 1.54) is 22.4 Å². The Hall–Kier alpha value is -1.76. The lowest BCUT2D eigenvalue weighted by Crippen LogP contribution is -2.23. The number of hydrogen-bond donors (Lipinski definition) is 0. The van der Waals surface area contributed by atoms with Crippen LogP contribution in [0.4, 0.5) is 5.69 Å². The van der Waals surface area contributed by atoms with Crippen molar-refractivity contribution in [3.8, 4) is 11.1 Å². The molecule has 0 fully saturated rings. The summed E-state index contributed by atoms with van der Waals surface area (Å²) in [5.74, 6) is 0. The molecule has 3 rings (SSSR count). The molecule has 0 N–H and O–H groups in total. The SMILES string of the molecule is CC1Cc2cc(-c3ccccc3)ccc2N1C. The van der Waals surface area contributed by atoms with E-state index in [0.29, 0.717) is 6.04 Å². The zero-order valence-electron chi connectivity index (χ0n) is 10.4. The van der Waals surface area contributed by atoms with Crippen LogP contribution >= 0.6 is 0 Å². The van der Waals surface area contributed by atoms with Crippen LogP contribution in [0.5, 0.6) is 0 Å². The van der Waals surface area contributed by atoms with Crippen LogP contribution in [0.1, 0.15) is 12.5 Å². The molecular formula is C16H17N. The molecule has 0 spiro atoms. The summed E-state index contributed by atoms with van der Waals surface area (Å²) in [5, 5.41) is 0. The Kier molecular flexibility index (Phi) is 2.40. The predicted octanol–water partition coefficient (Wildman–Crippen LogP) is 3.73. The lowest BCUT2D eigenvalue weighted by Gasteiger charge is -2.18. The first kappa shape index (κ1) is 10.4. The molecule has 1 heteroatoms. The normalized spacial score (nSPS) is 18.2. The van der Waals surface area contributed by atoms with E-state index in [4.69, 9.17) is 0 Å². The van der Waals surface area contributed by atoms with Gasteiger partial charge in [0.05, 0.1) is 0 Å². The fraction of sp³-hybridized carbons (Fsp3) is 0.250. The highest BCUT2D eigenvalue weighted by Crippen LogP contribution is 2.33. The smallest absolute Gasteiger partial charge is 0.0399 e. The fourth-order valence-electron chi connectivity index (χ4n) is 2.60. The maximum atomic E-state index is 2.37. The van der Waals surface area contributed by atoms with Gasteiger partial charge in [-0.1, -0.05) is 36.4 Å². The largest absolute Gasteiger partial charge is 0.371 e. The maximum Gasteiger partial charge on any atom is 0.0399 e. The predicted molar refractivity (Wildman–Crippen MR) is 73.4 cm³/mol. The van der Waals surface area contributed by atoms with Crippen LogP contribution in [-0.2, 0) is 6.42 Å². The van der Waals surface area contributed by atoms with E-state index in [9.17, 15) is 0 Å².